The van der Waals surface area contributed by atoms with E-state index < -0.39 is 12.7 Å². The van der Waals surface area contributed by atoms with Gasteiger partial charge in [-0.05, 0) is 23.7 Å². The van der Waals surface area contributed by atoms with E-state index >= 15 is 0 Å². The molecule has 0 amide bonds. The number of piperazine rings is 1. The number of benzene rings is 1. The number of anilines is 1. The molecule has 0 bridgehead atoms. The van der Waals surface area contributed by atoms with Crippen LogP contribution in [-0.2, 0) is 0 Å². The molecule has 0 N–H and O–H groups in total. The van der Waals surface area contributed by atoms with Crippen molar-refractivity contribution in [2.75, 3.05) is 37.6 Å². The lowest BCUT2D eigenvalue weighted by Crippen LogP contribution is -2.49. The molecule has 7 heteroatoms. The fourth-order valence-electron chi connectivity index (χ4n) is 2.47. The Morgan fingerprint density at radius 1 is 1.10 bits per heavy atom. The second-order valence-electron chi connectivity index (χ2n) is 4.88. The molecule has 1 aromatic carbocycles. The Hall–Kier alpha value is -1.34. The van der Waals surface area contributed by atoms with Crippen LogP contribution in [0.4, 0.5) is 19.0 Å². The Morgan fingerprint density at radius 3 is 2.50 bits per heavy atom. The Kier molecular flexibility index (Phi) is 3.55. The van der Waals surface area contributed by atoms with Crippen molar-refractivity contribution in [2.24, 2.45) is 0 Å². The summed E-state index contributed by atoms with van der Waals surface area (Å²) in [6, 6.07) is 7.94. The molecule has 0 aliphatic carbocycles. The number of fused-ring (bicyclic) bond motifs is 1. The van der Waals surface area contributed by atoms with Crippen LogP contribution in [0.15, 0.2) is 24.3 Å². The molecule has 1 aromatic heterocycles. The third-order valence-corrected chi connectivity index (χ3v) is 4.25. The molecular formula is C13H14F3N3S. The van der Waals surface area contributed by atoms with E-state index in [-0.39, 0.29) is 0 Å². The Morgan fingerprint density at radius 2 is 1.80 bits per heavy atom. The second-order valence-corrected chi connectivity index (χ2v) is 5.69. The van der Waals surface area contributed by atoms with Gasteiger partial charge in [0.2, 0.25) is 0 Å². The van der Waals surface area contributed by atoms with Crippen molar-refractivity contribution in [2.45, 2.75) is 6.18 Å². The highest BCUT2D eigenvalue weighted by Gasteiger charge is 2.32. The summed E-state index contributed by atoms with van der Waals surface area (Å²) in [4.78, 5) is 3.52. The van der Waals surface area contributed by atoms with E-state index in [0.717, 1.165) is 15.9 Å². The van der Waals surface area contributed by atoms with Crippen LogP contribution in [0.5, 0.6) is 0 Å². The Balaban J connectivity index is 1.69. The molecule has 2 aromatic rings. The Bertz CT molecular complexity index is 588. The normalized spacial score (nSPS) is 17.9. The van der Waals surface area contributed by atoms with E-state index in [2.05, 4.69) is 9.27 Å². The zero-order valence-corrected chi connectivity index (χ0v) is 11.5. The van der Waals surface area contributed by atoms with E-state index in [9.17, 15) is 13.2 Å². The zero-order valence-electron chi connectivity index (χ0n) is 10.7. The average Bonchev–Trinajstić information content (AvgIpc) is 2.82. The van der Waals surface area contributed by atoms with Crippen molar-refractivity contribution in [3.8, 4) is 0 Å². The number of halogens is 3. The molecule has 1 aliphatic heterocycles. The topological polar surface area (TPSA) is 19.4 Å². The second kappa shape index (κ2) is 5.21. The van der Waals surface area contributed by atoms with Gasteiger partial charge in [0.1, 0.15) is 5.82 Å². The molecule has 1 aliphatic rings. The van der Waals surface area contributed by atoms with Crippen LogP contribution in [0.25, 0.3) is 10.1 Å². The molecule has 3 nitrogen and oxygen atoms in total. The van der Waals surface area contributed by atoms with E-state index in [4.69, 9.17) is 0 Å². The van der Waals surface area contributed by atoms with Crippen molar-refractivity contribution in [3.63, 3.8) is 0 Å². The van der Waals surface area contributed by atoms with Crippen LogP contribution < -0.4 is 4.90 Å². The molecule has 20 heavy (non-hydrogen) atoms. The van der Waals surface area contributed by atoms with Gasteiger partial charge in [-0.3, -0.25) is 4.90 Å². The van der Waals surface area contributed by atoms with E-state index in [0.29, 0.717) is 26.2 Å². The van der Waals surface area contributed by atoms with E-state index in [1.807, 2.05) is 24.3 Å². The van der Waals surface area contributed by atoms with Gasteiger partial charge in [0.05, 0.1) is 11.2 Å². The largest absolute Gasteiger partial charge is 0.401 e. The smallest absolute Gasteiger partial charge is 0.353 e. The Labute approximate surface area is 118 Å². The van der Waals surface area contributed by atoms with Gasteiger partial charge >= 0.3 is 6.18 Å². The molecular weight excluding hydrogens is 287 g/mol. The molecule has 0 spiro atoms. The third kappa shape index (κ3) is 2.88. The monoisotopic (exact) mass is 301 g/mol. The van der Waals surface area contributed by atoms with Crippen LogP contribution >= 0.6 is 11.5 Å². The highest BCUT2D eigenvalue weighted by molar-refractivity contribution is 7.13. The highest BCUT2D eigenvalue weighted by atomic mass is 32.1. The average molecular weight is 301 g/mol. The van der Waals surface area contributed by atoms with Crippen LogP contribution in [0.1, 0.15) is 0 Å². The summed E-state index contributed by atoms with van der Waals surface area (Å²) in [5, 5.41) is 1.08. The molecule has 2 heterocycles. The molecule has 0 saturated carbocycles. The molecule has 1 saturated heterocycles. The fraction of sp³-hybridized carbons (Fsp3) is 0.462. The van der Waals surface area contributed by atoms with Gasteiger partial charge in [-0.25, -0.2) is 0 Å². The first kappa shape index (κ1) is 13.6. The number of alkyl halides is 3. The summed E-state index contributed by atoms with van der Waals surface area (Å²) >= 11 is 1.43. The highest BCUT2D eigenvalue weighted by Crippen LogP contribution is 2.30. The maximum atomic E-state index is 12.4. The van der Waals surface area contributed by atoms with Gasteiger partial charge < -0.3 is 4.90 Å². The summed E-state index contributed by atoms with van der Waals surface area (Å²) in [7, 11) is 0. The van der Waals surface area contributed by atoms with Gasteiger partial charge in [-0.1, -0.05) is 12.1 Å². The van der Waals surface area contributed by atoms with E-state index in [1.54, 1.807) is 0 Å². The molecule has 108 valence electrons. The standard InChI is InChI=1S/C13H14F3N3S/c14-13(15,16)9-18-5-7-19(8-6-18)12-10-3-1-2-4-11(10)20-17-12/h1-4H,5-9H2. The van der Waals surface area contributed by atoms with Gasteiger partial charge in [-0.2, -0.15) is 17.5 Å². The van der Waals surface area contributed by atoms with Crippen molar-refractivity contribution >= 4 is 27.4 Å². The summed E-state index contributed by atoms with van der Waals surface area (Å²) in [5.74, 6) is 0.900. The number of hydrogen-bond donors (Lipinski definition) is 0. The maximum absolute atomic E-state index is 12.4. The molecule has 1 fully saturated rings. The van der Waals surface area contributed by atoms with E-state index in [1.165, 1.54) is 16.4 Å². The first-order valence-electron chi connectivity index (χ1n) is 6.41. The summed E-state index contributed by atoms with van der Waals surface area (Å²) in [6.07, 6.45) is -4.12. The summed E-state index contributed by atoms with van der Waals surface area (Å²) < 4.78 is 42.6. The van der Waals surface area contributed by atoms with Crippen molar-refractivity contribution < 1.29 is 13.2 Å². The lowest BCUT2D eigenvalue weighted by molar-refractivity contribution is -0.146. The summed E-state index contributed by atoms with van der Waals surface area (Å²) in [5.41, 5.74) is 0. The predicted molar refractivity (Wildman–Crippen MR) is 74.3 cm³/mol. The zero-order chi connectivity index (χ0) is 14.2. The lowest BCUT2D eigenvalue weighted by atomic mass is 10.2. The van der Waals surface area contributed by atoms with Gasteiger partial charge in [0, 0.05) is 31.6 Å². The van der Waals surface area contributed by atoms with Crippen LogP contribution in [-0.4, -0.2) is 48.2 Å². The lowest BCUT2D eigenvalue weighted by Gasteiger charge is -2.35. The minimum Gasteiger partial charge on any atom is -0.353 e. The maximum Gasteiger partial charge on any atom is 0.401 e. The number of rotatable bonds is 2. The molecule has 0 atom stereocenters. The van der Waals surface area contributed by atoms with Crippen molar-refractivity contribution in [3.05, 3.63) is 24.3 Å². The van der Waals surface area contributed by atoms with Crippen LogP contribution in [0, 0.1) is 0 Å². The summed E-state index contributed by atoms with van der Waals surface area (Å²) in [6.45, 7) is 1.20. The molecule has 0 radical (unpaired) electrons. The van der Waals surface area contributed by atoms with Crippen LogP contribution in [0.3, 0.4) is 0 Å². The number of hydrogen-bond acceptors (Lipinski definition) is 4. The number of aromatic nitrogens is 1. The van der Waals surface area contributed by atoms with Crippen molar-refractivity contribution in [1.29, 1.82) is 0 Å². The number of nitrogens with zero attached hydrogens (tertiary/aromatic N) is 3. The fourth-order valence-corrected chi connectivity index (χ4v) is 3.27. The SMILES string of the molecule is FC(F)(F)CN1CCN(c2nsc3ccccc23)CC1. The first-order valence-corrected chi connectivity index (χ1v) is 7.19. The quantitative estimate of drug-likeness (QED) is 0.850. The first-order chi connectivity index (χ1) is 9.53. The predicted octanol–water partition coefficient (Wildman–Crippen LogP) is 2.98. The third-order valence-electron chi connectivity index (χ3n) is 3.43. The van der Waals surface area contributed by atoms with Gasteiger partial charge in [0.15, 0.2) is 0 Å². The molecule has 3 rings (SSSR count). The minimum absolute atomic E-state index is 0.422. The van der Waals surface area contributed by atoms with Gasteiger partial charge in [-0.15, -0.1) is 0 Å². The van der Waals surface area contributed by atoms with Crippen LogP contribution in [0.2, 0.25) is 0 Å². The minimum atomic E-state index is -4.12. The van der Waals surface area contributed by atoms with Crippen molar-refractivity contribution in [1.82, 2.24) is 9.27 Å². The van der Waals surface area contributed by atoms with Gasteiger partial charge in [0.25, 0.3) is 0 Å². The molecule has 0 unspecified atom stereocenters.